The summed E-state index contributed by atoms with van der Waals surface area (Å²) in [5, 5.41) is 0. The second-order valence-electron chi connectivity index (χ2n) is 5.04. The van der Waals surface area contributed by atoms with Crippen molar-refractivity contribution in [3.05, 3.63) is 35.4 Å². The van der Waals surface area contributed by atoms with E-state index in [2.05, 4.69) is 18.2 Å². The molecule has 0 heterocycles. The van der Waals surface area contributed by atoms with Gasteiger partial charge in [0.15, 0.2) is 0 Å². The van der Waals surface area contributed by atoms with Gasteiger partial charge in [-0.15, -0.1) is 0 Å². The van der Waals surface area contributed by atoms with Gasteiger partial charge in [-0.3, -0.25) is 4.79 Å². The SMILES string of the molecule is CC(C)C(N)C(=O)CC1Cc2ccccc21. The molecule has 1 aromatic rings. The van der Waals surface area contributed by atoms with Crippen LogP contribution in [0.15, 0.2) is 24.3 Å². The van der Waals surface area contributed by atoms with Crippen molar-refractivity contribution in [2.45, 2.75) is 38.6 Å². The Bertz CT molecular complexity index is 397. The van der Waals surface area contributed by atoms with Gasteiger partial charge in [0.2, 0.25) is 0 Å². The van der Waals surface area contributed by atoms with Gasteiger partial charge < -0.3 is 5.73 Å². The molecule has 0 radical (unpaired) electrons. The summed E-state index contributed by atoms with van der Waals surface area (Å²) in [5.74, 6) is 0.853. The van der Waals surface area contributed by atoms with Gasteiger partial charge in [-0.2, -0.15) is 0 Å². The molecule has 0 bridgehead atoms. The molecule has 0 amide bonds. The van der Waals surface area contributed by atoms with E-state index < -0.39 is 0 Å². The standard InChI is InChI=1S/C14H19NO/c1-9(2)14(15)13(16)8-11-7-10-5-3-4-6-12(10)11/h3-6,9,11,14H,7-8,15H2,1-2H3. The summed E-state index contributed by atoms with van der Waals surface area (Å²) in [7, 11) is 0. The topological polar surface area (TPSA) is 43.1 Å². The zero-order valence-electron chi connectivity index (χ0n) is 9.94. The van der Waals surface area contributed by atoms with Gasteiger partial charge in [-0.1, -0.05) is 38.1 Å². The first-order valence-electron chi connectivity index (χ1n) is 5.95. The van der Waals surface area contributed by atoms with Crippen molar-refractivity contribution in [1.82, 2.24) is 0 Å². The molecule has 2 N–H and O–H groups in total. The van der Waals surface area contributed by atoms with Gasteiger partial charge in [0.05, 0.1) is 6.04 Å². The number of hydrogen-bond donors (Lipinski definition) is 1. The summed E-state index contributed by atoms with van der Waals surface area (Å²) >= 11 is 0. The highest BCUT2D eigenvalue weighted by atomic mass is 16.1. The largest absolute Gasteiger partial charge is 0.321 e. The molecular formula is C14H19NO. The number of fused-ring (bicyclic) bond motifs is 1. The minimum absolute atomic E-state index is 0.203. The van der Waals surface area contributed by atoms with Crippen LogP contribution < -0.4 is 5.73 Å². The highest BCUT2D eigenvalue weighted by Crippen LogP contribution is 2.37. The molecule has 2 heteroatoms. The van der Waals surface area contributed by atoms with Crippen LogP contribution in [0.3, 0.4) is 0 Å². The summed E-state index contributed by atoms with van der Waals surface area (Å²) in [6, 6.07) is 8.05. The molecule has 0 saturated carbocycles. The highest BCUT2D eigenvalue weighted by molar-refractivity contribution is 5.85. The molecule has 16 heavy (non-hydrogen) atoms. The summed E-state index contributed by atoms with van der Waals surface area (Å²) in [6.45, 7) is 3.99. The molecule has 2 unspecified atom stereocenters. The molecule has 1 aliphatic rings. The number of Topliss-reactive ketones (excluding diaryl/α,β-unsaturated/α-hetero) is 1. The minimum Gasteiger partial charge on any atom is -0.321 e. The molecule has 0 aliphatic heterocycles. The Morgan fingerprint density at radius 1 is 1.44 bits per heavy atom. The fraction of sp³-hybridized carbons (Fsp3) is 0.500. The first-order valence-corrected chi connectivity index (χ1v) is 5.95. The predicted molar refractivity (Wildman–Crippen MR) is 65.3 cm³/mol. The summed E-state index contributed by atoms with van der Waals surface area (Å²) in [6.07, 6.45) is 1.64. The molecule has 0 aromatic heterocycles. The number of hydrogen-bond acceptors (Lipinski definition) is 2. The second kappa shape index (κ2) is 4.38. The van der Waals surface area contributed by atoms with E-state index in [1.165, 1.54) is 11.1 Å². The minimum atomic E-state index is -0.298. The van der Waals surface area contributed by atoms with Crippen molar-refractivity contribution >= 4 is 5.78 Å². The van der Waals surface area contributed by atoms with Gasteiger partial charge >= 0.3 is 0 Å². The lowest BCUT2D eigenvalue weighted by Crippen LogP contribution is -2.37. The van der Waals surface area contributed by atoms with E-state index in [9.17, 15) is 4.79 Å². The van der Waals surface area contributed by atoms with Crippen LogP contribution in [-0.4, -0.2) is 11.8 Å². The lowest BCUT2D eigenvalue weighted by Gasteiger charge is -2.30. The molecule has 0 saturated heterocycles. The zero-order chi connectivity index (χ0) is 11.7. The molecular weight excluding hydrogens is 198 g/mol. The molecule has 2 rings (SSSR count). The van der Waals surface area contributed by atoms with Crippen molar-refractivity contribution in [2.75, 3.05) is 0 Å². The number of benzene rings is 1. The number of carbonyl (C=O) groups is 1. The number of nitrogens with two attached hydrogens (primary N) is 1. The van der Waals surface area contributed by atoms with Crippen LogP contribution >= 0.6 is 0 Å². The third kappa shape index (κ3) is 2.03. The zero-order valence-corrected chi connectivity index (χ0v) is 9.94. The summed E-state index contributed by atoms with van der Waals surface area (Å²) in [5.41, 5.74) is 8.58. The first kappa shape index (κ1) is 11.3. The summed E-state index contributed by atoms with van der Waals surface area (Å²) < 4.78 is 0. The molecule has 2 nitrogen and oxygen atoms in total. The van der Waals surface area contributed by atoms with Crippen LogP contribution in [0, 0.1) is 5.92 Å². The number of rotatable bonds is 4. The second-order valence-corrected chi connectivity index (χ2v) is 5.04. The van der Waals surface area contributed by atoms with Gasteiger partial charge in [-0.05, 0) is 29.4 Å². The van der Waals surface area contributed by atoms with E-state index in [4.69, 9.17) is 5.73 Å². The predicted octanol–water partition coefficient (Wildman–Crippen LogP) is 2.27. The van der Waals surface area contributed by atoms with Gasteiger partial charge in [0.25, 0.3) is 0 Å². The molecule has 2 atom stereocenters. The quantitative estimate of drug-likeness (QED) is 0.840. The van der Waals surface area contributed by atoms with E-state index >= 15 is 0 Å². The van der Waals surface area contributed by atoms with E-state index in [0.29, 0.717) is 12.3 Å². The monoisotopic (exact) mass is 217 g/mol. The van der Waals surface area contributed by atoms with Crippen LogP contribution in [-0.2, 0) is 11.2 Å². The average Bonchev–Trinajstić information content (AvgIpc) is 2.24. The molecule has 0 fully saturated rings. The molecule has 1 aromatic carbocycles. The van der Waals surface area contributed by atoms with Crippen molar-refractivity contribution in [1.29, 1.82) is 0 Å². The van der Waals surface area contributed by atoms with Crippen LogP contribution in [0.5, 0.6) is 0 Å². The molecule has 1 aliphatic carbocycles. The Morgan fingerprint density at radius 3 is 2.75 bits per heavy atom. The van der Waals surface area contributed by atoms with Crippen molar-refractivity contribution in [3.63, 3.8) is 0 Å². The van der Waals surface area contributed by atoms with Crippen LogP contribution in [0.1, 0.15) is 37.3 Å². The Hall–Kier alpha value is -1.15. The van der Waals surface area contributed by atoms with E-state index in [0.717, 1.165) is 6.42 Å². The van der Waals surface area contributed by atoms with Crippen molar-refractivity contribution in [2.24, 2.45) is 11.7 Å². The van der Waals surface area contributed by atoms with Crippen molar-refractivity contribution in [3.8, 4) is 0 Å². The normalized spacial score (nSPS) is 20.1. The Kier molecular flexibility index (Phi) is 3.10. The lowest BCUT2D eigenvalue weighted by molar-refractivity contribution is -0.121. The van der Waals surface area contributed by atoms with E-state index in [1.54, 1.807) is 0 Å². The van der Waals surface area contributed by atoms with Gasteiger partial charge in [0.1, 0.15) is 5.78 Å². The fourth-order valence-corrected chi connectivity index (χ4v) is 2.30. The summed E-state index contributed by atoms with van der Waals surface area (Å²) in [4.78, 5) is 11.9. The third-order valence-corrected chi connectivity index (χ3v) is 3.50. The third-order valence-electron chi connectivity index (χ3n) is 3.50. The van der Waals surface area contributed by atoms with Crippen molar-refractivity contribution < 1.29 is 4.79 Å². The maximum atomic E-state index is 11.9. The number of ketones is 1. The maximum Gasteiger partial charge on any atom is 0.150 e. The fourth-order valence-electron chi connectivity index (χ4n) is 2.30. The Labute approximate surface area is 96.8 Å². The van der Waals surface area contributed by atoms with Crippen LogP contribution in [0.2, 0.25) is 0 Å². The highest BCUT2D eigenvalue weighted by Gasteiger charge is 2.29. The lowest BCUT2D eigenvalue weighted by atomic mass is 9.74. The maximum absolute atomic E-state index is 11.9. The Balaban J connectivity index is 1.97. The smallest absolute Gasteiger partial charge is 0.150 e. The molecule has 86 valence electrons. The van der Waals surface area contributed by atoms with Crippen LogP contribution in [0.25, 0.3) is 0 Å². The van der Waals surface area contributed by atoms with E-state index in [1.807, 2.05) is 19.9 Å². The van der Waals surface area contributed by atoms with Gasteiger partial charge in [-0.25, -0.2) is 0 Å². The molecule has 0 spiro atoms. The van der Waals surface area contributed by atoms with Gasteiger partial charge in [0, 0.05) is 6.42 Å². The number of carbonyl (C=O) groups excluding carboxylic acids is 1. The van der Waals surface area contributed by atoms with E-state index in [-0.39, 0.29) is 17.7 Å². The Morgan fingerprint density at radius 2 is 2.12 bits per heavy atom. The van der Waals surface area contributed by atoms with Crippen LogP contribution in [0.4, 0.5) is 0 Å². The first-order chi connectivity index (χ1) is 7.59. The average molecular weight is 217 g/mol.